The van der Waals surface area contributed by atoms with Crippen LogP contribution in [-0.4, -0.2) is 27.5 Å². The fourth-order valence-electron chi connectivity index (χ4n) is 2.14. The molecule has 0 radical (unpaired) electrons. The zero-order valence-electron chi connectivity index (χ0n) is 11.7. The van der Waals surface area contributed by atoms with Crippen LogP contribution in [0.5, 0.6) is 5.88 Å². The number of ether oxygens (including phenoxy) is 1. The van der Waals surface area contributed by atoms with Crippen molar-refractivity contribution in [1.29, 1.82) is 0 Å². The number of nitrogens with zero attached hydrogens (tertiary/aromatic N) is 2. The number of carbonyl (C=O) groups is 1. The second-order valence-electron chi connectivity index (χ2n) is 4.63. The summed E-state index contributed by atoms with van der Waals surface area (Å²) in [6, 6.07) is 10.1. The number of aryl methyl sites for hydroxylation is 3. The summed E-state index contributed by atoms with van der Waals surface area (Å²) < 4.78 is 7.06. The summed E-state index contributed by atoms with van der Waals surface area (Å²) in [5, 5.41) is 13.2. The molecule has 2 aromatic rings. The Morgan fingerprint density at radius 2 is 2.05 bits per heavy atom. The van der Waals surface area contributed by atoms with Crippen LogP contribution in [0.15, 0.2) is 30.3 Å². The Balaban J connectivity index is 1.93. The predicted molar refractivity (Wildman–Crippen MR) is 75.2 cm³/mol. The lowest BCUT2D eigenvalue weighted by molar-refractivity contribution is 0.0691. The first-order valence-electron chi connectivity index (χ1n) is 6.53. The van der Waals surface area contributed by atoms with E-state index in [0.717, 1.165) is 12.8 Å². The smallest absolute Gasteiger partial charge is 0.343 e. The summed E-state index contributed by atoms with van der Waals surface area (Å²) in [4.78, 5) is 11.2. The Morgan fingerprint density at radius 1 is 1.35 bits per heavy atom. The van der Waals surface area contributed by atoms with Gasteiger partial charge >= 0.3 is 5.97 Å². The first kappa shape index (κ1) is 14.1. The van der Waals surface area contributed by atoms with Crippen molar-refractivity contribution in [1.82, 2.24) is 9.78 Å². The topological polar surface area (TPSA) is 64.4 Å². The molecule has 0 unspecified atom stereocenters. The van der Waals surface area contributed by atoms with Crippen molar-refractivity contribution < 1.29 is 14.6 Å². The number of aromatic nitrogens is 2. The van der Waals surface area contributed by atoms with Gasteiger partial charge in [0.05, 0.1) is 12.3 Å². The molecule has 1 heterocycles. The van der Waals surface area contributed by atoms with Crippen LogP contribution in [0.1, 0.15) is 28.0 Å². The highest BCUT2D eigenvalue weighted by Gasteiger charge is 2.20. The summed E-state index contributed by atoms with van der Waals surface area (Å²) in [7, 11) is 1.69. The molecule has 1 N–H and O–H groups in total. The van der Waals surface area contributed by atoms with Gasteiger partial charge in [0.15, 0.2) is 0 Å². The summed E-state index contributed by atoms with van der Waals surface area (Å²) in [6.45, 7) is 2.13. The minimum absolute atomic E-state index is 0.146. The van der Waals surface area contributed by atoms with E-state index in [-0.39, 0.29) is 5.56 Å². The number of hydrogen-bond donors (Lipinski definition) is 1. The molecular formula is C15H18N2O3. The second-order valence-corrected chi connectivity index (χ2v) is 4.63. The van der Waals surface area contributed by atoms with Crippen LogP contribution >= 0.6 is 0 Å². The van der Waals surface area contributed by atoms with E-state index >= 15 is 0 Å². The average Bonchev–Trinajstić information content (AvgIpc) is 2.70. The van der Waals surface area contributed by atoms with E-state index in [0.29, 0.717) is 18.2 Å². The fourth-order valence-corrected chi connectivity index (χ4v) is 2.14. The number of rotatable bonds is 6. The maximum absolute atomic E-state index is 11.2. The van der Waals surface area contributed by atoms with Crippen molar-refractivity contribution in [2.24, 2.45) is 7.05 Å². The number of hydrogen-bond acceptors (Lipinski definition) is 3. The van der Waals surface area contributed by atoms with E-state index in [1.54, 1.807) is 14.0 Å². The van der Waals surface area contributed by atoms with E-state index in [2.05, 4.69) is 17.2 Å². The largest absolute Gasteiger partial charge is 0.477 e. The molecule has 106 valence electrons. The molecule has 0 saturated heterocycles. The first-order chi connectivity index (χ1) is 9.59. The maximum atomic E-state index is 11.2. The lowest BCUT2D eigenvalue weighted by Gasteiger charge is -2.07. The van der Waals surface area contributed by atoms with Gasteiger partial charge in [0.25, 0.3) is 0 Å². The zero-order chi connectivity index (χ0) is 14.5. The van der Waals surface area contributed by atoms with Crippen LogP contribution in [0.25, 0.3) is 0 Å². The molecule has 0 aliphatic rings. The standard InChI is InChI=1S/C15H18N2O3/c1-11-13(15(18)19)14(17(2)16-11)20-10-6-9-12-7-4-3-5-8-12/h3-5,7-8H,6,9-10H2,1-2H3,(H,18,19). The molecule has 1 aromatic heterocycles. The molecular weight excluding hydrogens is 256 g/mol. The van der Waals surface area contributed by atoms with Crippen LogP contribution in [0.4, 0.5) is 0 Å². The summed E-state index contributed by atoms with van der Waals surface area (Å²) >= 11 is 0. The van der Waals surface area contributed by atoms with Crippen molar-refractivity contribution in [3.8, 4) is 5.88 Å². The van der Waals surface area contributed by atoms with Gasteiger partial charge in [-0.2, -0.15) is 5.10 Å². The third-order valence-electron chi connectivity index (χ3n) is 3.07. The molecule has 1 aromatic carbocycles. The van der Waals surface area contributed by atoms with E-state index in [1.165, 1.54) is 10.2 Å². The molecule has 0 bridgehead atoms. The average molecular weight is 274 g/mol. The highest BCUT2D eigenvalue weighted by atomic mass is 16.5. The molecule has 0 amide bonds. The van der Waals surface area contributed by atoms with E-state index in [1.807, 2.05) is 18.2 Å². The molecule has 0 saturated carbocycles. The normalized spacial score (nSPS) is 10.5. The minimum atomic E-state index is -1.01. The predicted octanol–water partition coefficient (Wildman–Crippen LogP) is 2.44. The third-order valence-corrected chi connectivity index (χ3v) is 3.07. The SMILES string of the molecule is Cc1nn(C)c(OCCCc2ccccc2)c1C(=O)O. The Morgan fingerprint density at radius 3 is 2.70 bits per heavy atom. The lowest BCUT2D eigenvalue weighted by atomic mass is 10.1. The van der Waals surface area contributed by atoms with Crippen LogP contribution in [0.3, 0.4) is 0 Å². The quantitative estimate of drug-likeness (QED) is 0.822. The van der Waals surface area contributed by atoms with Crippen LogP contribution < -0.4 is 4.74 Å². The van der Waals surface area contributed by atoms with Crippen molar-refractivity contribution in [3.63, 3.8) is 0 Å². The Kier molecular flexibility index (Phi) is 4.40. The maximum Gasteiger partial charge on any atom is 0.343 e. The second kappa shape index (κ2) is 6.23. The van der Waals surface area contributed by atoms with Gasteiger partial charge in [-0.25, -0.2) is 9.48 Å². The summed E-state index contributed by atoms with van der Waals surface area (Å²) in [6.07, 6.45) is 1.73. The molecule has 0 fully saturated rings. The van der Waals surface area contributed by atoms with Gasteiger partial charge in [-0.3, -0.25) is 0 Å². The van der Waals surface area contributed by atoms with Gasteiger partial charge in [-0.05, 0) is 25.3 Å². The van der Waals surface area contributed by atoms with Gasteiger partial charge in [0.2, 0.25) is 5.88 Å². The van der Waals surface area contributed by atoms with Gasteiger partial charge in [0, 0.05) is 7.05 Å². The summed E-state index contributed by atoms with van der Waals surface area (Å²) in [5.74, 6) is -0.684. The molecule has 0 spiro atoms. The molecule has 20 heavy (non-hydrogen) atoms. The summed E-state index contributed by atoms with van der Waals surface area (Å²) in [5.41, 5.74) is 1.86. The van der Waals surface area contributed by atoms with Crippen molar-refractivity contribution in [2.75, 3.05) is 6.61 Å². The minimum Gasteiger partial charge on any atom is -0.477 e. The van der Waals surface area contributed by atoms with E-state index in [4.69, 9.17) is 9.84 Å². The molecule has 2 rings (SSSR count). The van der Waals surface area contributed by atoms with Gasteiger partial charge in [-0.1, -0.05) is 30.3 Å². The molecule has 0 aliphatic carbocycles. The van der Waals surface area contributed by atoms with Crippen LogP contribution in [-0.2, 0) is 13.5 Å². The lowest BCUT2D eigenvalue weighted by Crippen LogP contribution is -2.07. The first-order valence-corrected chi connectivity index (χ1v) is 6.53. The van der Waals surface area contributed by atoms with Crippen LogP contribution in [0, 0.1) is 6.92 Å². The number of benzene rings is 1. The molecule has 0 aliphatic heterocycles. The van der Waals surface area contributed by atoms with Gasteiger partial charge < -0.3 is 9.84 Å². The third kappa shape index (κ3) is 3.17. The van der Waals surface area contributed by atoms with Gasteiger partial charge in [0.1, 0.15) is 5.56 Å². The van der Waals surface area contributed by atoms with Crippen molar-refractivity contribution >= 4 is 5.97 Å². The van der Waals surface area contributed by atoms with E-state index in [9.17, 15) is 4.79 Å². The highest BCUT2D eigenvalue weighted by molar-refractivity contribution is 5.91. The molecule has 5 heteroatoms. The van der Waals surface area contributed by atoms with Crippen LogP contribution in [0.2, 0.25) is 0 Å². The Labute approximate surface area is 117 Å². The van der Waals surface area contributed by atoms with Crippen molar-refractivity contribution in [2.45, 2.75) is 19.8 Å². The number of carboxylic acids is 1. The zero-order valence-corrected chi connectivity index (χ0v) is 11.7. The monoisotopic (exact) mass is 274 g/mol. The van der Waals surface area contributed by atoms with Crippen molar-refractivity contribution in [3.05, 3.63) is 47.2 Å². The Bertz CT molecular complexity index is 591. The fraction of sp³-hybridized carbons (Fsp3) is 0.333. The van der Waals surface area contributed by atoms with Gasteiger partial charge in [-0.15, -0.1) is 0 Å². The molecule has 0 atom stereocenters. The van der Waals surface area contributed by atoms with E-state index < -0.39 is 5.97 Å². The molecule has 5 nitrogen and oxygen atoms in total. The Hall–Kier alpha value is -2.30. The number of carboxylic acid groups (broad SMARTS) is 1. The number of aromatic carboxylic acids is 1. The highest BCUT2D eigenvalue weighted by Crippen LogP contribution is 2.21.